The maximum Gasteiger partial charge on any atom is 0.166 e. The number of fused-ring (bicyclic) bond motifs is 5. The molecule has 18 heavy (non-hydrogen) atoms. The van der Waals surface area contributed by atoms with Crippen LogP contribution in [0.3, 0.4) is 0 Å². The Balaban J connectivity index is 2.35. The minimum absolute atomic E-state index is 0.469. The molecular weight excluding hydrogens is 228 g/mol. The van der Waals surface area contributed by atoms with Gasteiger partial charge in [-0.05, 0) is 12.1 Å². The number of aromatic nitrogens is 5. The first-order valence-corrected chi connectivity index (χ1v) is 5.45. The van der Waals surface area contributed by atoms with Gasteiger partial charge in [-0.1, -0.05) is 0 Å². The van der Waals surface area contributed by atoms with Crippen LogP contribution in [0.5, 0.6) is 0 Å². The van der Waals surface area contributed by atoms with Crippen LogP contribution in [0.15, 0.2) is 37.1 Å². The second-order valence-corrected chi connectivity index (χ2v) is 4.01. The summed E-state index contributed by atoms with van der Waals surface area (Å²) in [5.41, 5.74) is 8.23. The Morgan fingerprint density at radius 3 is 3.00 bits per heavy atom. The molecule has 86 valence electrons. The van der Waals surface area contributed by atoms with Gasteiger partial charge in [0.25, 0.3) is 0 Å². The lowest BCUT2D eigenvalue weighted by Crippen LogP contribution is -1.93. The van der Waals surface area contributed by atoms with Gasteiger partial charge in [0, 0.05) is 24.0 Å². The normalized spacial score (nSPS) is 11.6. The SMILES string of the molecule is Nc1nccc2cnc3c(nc4ccncn43)c12. The molecule has 4 heterocycles. The molecule has 4 rings (SSSR count). The van der Waals surface area contributed by atoms with Crippen LogP contribution in [-0.2, 0) is 0 Å². The molecule has 0 aliphatic rings. The number of nitrogens with zero attached hydrogens (tertiary/aromatic N) is 5. The van der Waals surface area contributed by atoms with E-state index in [1.807, 2.05) is 16.5 Å². The van der Waals surface area contributed by atoms with Crippen molar-refractivity contribution >= 4 is 33.4 Å². The van der Waals surface area contributed by atoms with Gasteiger partial charge in [0.2, 0.25) is 0 Å². The van der Waals surface area contributed by atoms with E-state index in [1.165, 1.54) is 0 Å². The van der Waals surface area contributed by atoms with Gasteiger partial charge in [-0.25, -0.2) is 19.9 Å². The molecule has 0 aliphatic carbocycles. The highest BCUT2D eigenvalue weighted by atomic mass is 15.1. The number of pyridine rings is 2. The Labute approximate surface area is 101 Å². The maximum absolute atomic E-state index is 5.94. The zero-order valence-electron chi connectivity index (χ0n) is 9.28. The molecular formula is C12H8N6. The monoisotopic (exact) mass is 236 g/mol. The van der Waals surface area contributed by atoms with Crippen molar-refractivity contribution in [1.29, 1.82) is 0 Å². The summed E-state index contributed by atoms with van der Waals surface area (Å²) in [6.45, 7) is 0. The molecule has 0 bridgehead atoms. The van der Waals surface area contributed by atoms with Crippen LogP contribution >= 0.6 is 0 Å². The van der Waals surface area contributed by atoms with E-state index in [0.29, 0.717) is 5.82 Å². The Hall–Kier alpha value is -2.76. The van der Waals surface area contributed by atoms with Crippen molar-refractivity contribution in [3.05, 3.63) is 37.1 Å². The molecule has 0 atom stereocenters. The van der Waals surface area contributed by atoms with Crippen molar-refractivity contribution in [2.45, 2.75) is 0 Å². The molecule has 6 heteroatoms. The molecule has 6 nitrogen and oxygen atoms in total. The van der Waals surface area contributed by atoms with Crippen LogP contribution in [0.2, 0.25) is 0 Å². The van der Waals surface area contributed by atoms with Gasteiger partial charge >= 0.3 is 0 Å². The fourth-order valence-electron chi connectivity index (χ4n) is 2.17. The highest BCUT2D eigenvalue weighted by Gasteiger charge is 2.11. The summed E-state index contributed by atoms with van der Waals surface area (Å²) >= 11 is 0. The van der Waals surface area contributed by atoms with Gasteiger partial charge in [0.15, 0.2) is 5.65 Å². The summed E-state index contributed by atoms with van der Waals surface area (Å²) < 4.78 is 1.83. The fraction of sp³-hybridized carbons (Fsp3) is 0. The number of anilines is 1. The van der Waals surface area contributed by atoms with E-state index in [9.17, 15) is 0 Å². The molecule has 0 aliphatic heterocycles. The number of nitrogens with two attached hydrogens (primary N) is 1. The molecule has 0 fully saturated rings. The minimum Gasteiger partial charge on any atom is -0.383 e. The maximum atomic E-state index is 5.94. The number of rotatable bonds is 0. The van der Waals surface area contributed by atoms with Crippen molar-refractivity contribution in [3.8, 4) is 0 Å². The first kappa shape index (κ1) is 9.29. The third-order valence-corrected chi connectivity index (χ3v) is 2.98. The molecule has 2 N–H and O–H groups in total. The van der Waals surface area contributed by atoms with Crippen molar-refractivity contribution < 1.29 is 0 Å². The summed E-state index contributed by atoms with van der Waals surface area (Å²) in [6, 6.07) is 3.71. The first-order chi connectivity index (χ1) is 8.84. The van der Waals surface area contributed by atoms with Crippen LogP contribution in [0.25, 0.3) is 27.6 Å². The minimum atomic E-state index is 0.469. The molecule has 0 unspecified atom stereocenters. The quantitative estimate of drug-likeness (QED) is 0.499. The number of hydrogen-bond acceptors (Lipinski definition) is 5. The topological polar surface area (TPSA) is 82.0 Å². The molecule has 0 radical (unpaired) electrons. The summed E-state index contributed by atoms with van der Waals surface area (Å²) in [4.78, 5) is 17.1. The number of hydrogen-bond donors (Lipinski definition) is 1. The number of nitrogen functional groups attached to an aromatic ring is 1. The summed E-state index contributed by atoms with van der Waals surface area (Å²) in [5.74, 6) is 0.469. The predicted molar refractivity (Wildman–Crippen MR) is 68.0 cm³/mol. The fourth-order valence-corrected chi connectivity index (χ4v) is 2.17. The van der Waals surface area contributed by atoms with E-state index in [4.69, 9.17) is 5.73 Å². The first-order valence-electron chi connectivity index (χ1n) is 5.45. The standard InChI is InChI=1S/C12H8N6/c13-11-9-7(1-4-15-11)5-16-12-10(9)17-8-2-3-14-6-18(8)12/h1-6H,(H2,13,15). The highest BCUT2D eigenvalue weighted by Crippen LogP contribution is 2.26. The zero-order valence-corrected chi connectivity index (χ0v) is 9.28. The highest BCUT2D eigenvalue weighted by molar-refractivity contribution is 6.08. The van der Waals surface area contributed by atoms with Gasteiger partial charge in [0.1, 0.15) is 23.3 Å². The van der Waals surface area contributed by atoms with E-state index in [-0.39, 0.29) is 0 Å². The van der Waals surface area contributed by atoms with Crippen LogP contribution in [0.1, 0.15) is 0 Å². The van der Waals surface area contributed by atoms with Crippen LogP contribution < -0.4 is 5.73 Å². The van der Waals surface area contributed by atoms with Crippen molar-refractivity contribution in [3.63, 3.8) is 0 Å². The van der Waals surface area contributed by atoms with Gasteiger partial charge in [0.05, 0.1) is 5.39 Å². The second-order valence-electron chi connectivity index (χ2n) is 4.01. The van der Waals surface area contributed by atoms with Crippen LogP contribution in [0, 0.1) is 0 Å². The van der Waals surface area contributed by atoms with Crippen molar-refractivity contribution in [2.75, 3.05) is 5.73 Å². The van der Waals surface area contributed by atoms with Gasteiger partial charge < -0.3 is 5.73 Å². The van der Waals surface area contributed by atoms with E-state index in [2.05, 4.69) is 19.9 Å². The van der Waals surface area contributed by atoms with Crippen molar-refractivity contribution in [1.82, 2.24) is 24.3 Å². The Kier molecular flexibility index (Phi) is 1.62. The van der Waals surface area contributed by atoms with Gasteiger partial charge in [-0.2, -0.15) is 0 Å². The Morgan fingerprint density at radius 1 is 1.11 bits per heavy atom. The van der Waals surface area contributed by atoms with E-state index in [1.54, 1.807) is 24.9 Å². The van der Waals surface area contributed by atoms with Gasteiger partial charge in [-0.15, -0.1) is 0 Å². The third-order valence-electron chi connectivity index (χ3n) is 2.98. The molecule has 0 amide bonds. The van der Waals surface area contributed by atoms with E-state index in [0.717, 1.165) is 27.6 Å². The molecule has 4 aromatic rings. The summed E-state index contributed by atoms with van der Waals surface area (Å²) in [5, 5.41) is 1.78. The molecule has 4 aromatic heterocycles. The van der Waals surface area contributed by atoms with E-state index >= 15 is 0 Å². The Bertz CT molecular complexity index is 895. The smallest absolute Gasteiger partial charge is 0.166 e. The van der Waals surface area contributed by atoms with Crippen LogP contribution in [0.4, 0.5) is 5.82 Å². The molecule has 0 spiro atoms. The summed E-state index contributed by atoms with van der Waals surface area (Å²) in [7, 11) is 0. The van der Waals surface area contributed by atoms with E-state index < -0.39 is 0 Å². The molecule has 0 saturated heterocycles. The summed E-state index contributed by atoms with van der Waals surface area (Å²) in [6.07, 6.45) is 6.83. The van der Waals surface area contributed by atoms with Gasteiger partial charge in [-0.3, -0.25) is 4.40 Å². The average molecular weight is 236 g/mol. The third kappa shape index (κ3) is 1.06. The Morgan fingerprint density at radius 2 is 2.06 bits per heavy atom. The second kappa shape index (κ2) is 3.13. The van der Waals surface area contributed by atoms with Crippen molar-refractivity contribution in [2.24, 2.45) is 0 Å². The predicted octanol–water partition coefficient (Wildman–Crippen LogP) is 1.41. The lowest BCUT2D eigenvalue weighted by Gasteiger charge is -2.00. The molecule has 0 saturated carbocycles. The molecule has 0 aromatic carbocycles. The number of imidazole rings is 1. The van der Waals surface area contributed by atoms with Crippen LogP contribution in [-0.4, -0.2) is 24.3 Å². The largest absolute Gasteiger partial charge is 0.383 e. The zero-order chi connectivity index (χ0) is 12.1. The average Bonchev–Trinajstić information content (AvgIpc) is 2.77. The lowest BCUT2D eigenvalue weighted by atomic mass is 10.2. The lowest BCUT2D eigenvalue weighted by molar-refractivity contribution is 1.09.